The van der Waals surface area contributed by atoms with Crippen molar-refractivity contribution in [2.24, 2.45) is 0 Å². The maximum absolute atomic E-state index is 12.4. The van der Waals surface area contributed by atoms with Gasteiger partial charge in [0.1, 0.15) is 6.04 Å². The Bertz CT molecular complexity index is 882. The molecule has 3 amide bonds. The van der Waals surface area contributed by atoms with Crippen molar-refractivity contribution in [1.29, 1.82) is 0 Å². The van der Waals surface area contributed by atoms with Gasteiger partial charge in [0.25, 0.3) is 5.91 Å². The molecule has 2 atom stereocenters. The van der Waals surface area contributed by atoms with Crippen molar-refractivity contribution in [3.05, 3.63) is 65.7 Å². The van der Waals surface area contributed by atoms with Crippen molar-refractivity contribution in [1.82, 2.24) is 15.5 Å². The van der Waals surface area contributed by atoms with Gasteiger partial charge in [-0.25, -0.2) is 0 Å². The number of benzene rings is 2. The smallest absolute Gasteiger partial charge is 0.310 e. The van der Waals surface area contributed by atoms with Crippen LogP contribution >= 0.6 is 0 Å². The minimum Gasteiger partial charge on any atom is -0.346 e. The number of nitrogens with zero attached hydrogens (tertiary/aromatic N) is 2. The van der Waals surface area contributed by atoms with Crippen LogP contribution in [0.5, 0.6) is 0 Å². The predicted octanol–water partition coefficient (Wildman–Crippen LogP) is 1.24. The van der Waals surface area contributed by atoms with Crippen molar-refractivity contribution in [3.8, 4) is 0 Å². The average Bonchev–Trinajstić information content (AvgIpc) is 2.93. The Morgan fingerprint density at radius 2 is 1.68 bits per heavy atom. The molecule has 0 saturated heterocycles. The number of anilines is 1. The van der Waals surface area contributed by atoms with Crippen molar-refractivity contribution in [2.45, 2.75) is 12.1 Å². The highest BCUT2D eigenvalue weighted by Crippen LogP contribution is 2.34. The van der Waals surface area contributed by atoms with E-state index in [4.69, 9.17) is 0 Å². The summed E-state index contributed by atoms with van der Waals surface area (Å²) >= 11 is 0. The largest absolute Gasteiger partial charge is 0.346 e. The van der Waals surface area contributed by atoms with Crippen LogP contribution in [-0.2, 0) is 14.4 Å². The van der Waals surface area contributed by atoms with Gasteiger partial charge >= 0.3 is 11.8 Å². The van der Waals surface area contributed by atoms with Crippen LogP contribution in [0.3, 0.4) is 0 Å². The molecule has 1 aliphatic heterocycles. The van der Waals surface area contributed by atoms with E-state index >= 15 is 0 Å². The lowest BCUT2D eigenvalue weighted by Crippen LogP contribution is -2.45. The maximum Gasteiger partial charge on any atom is 0.310 e. The van der Waals surface area contributed by atoms with E-state index < -0.39 is 17.9 Å². The number of fused-ring (bicyclic) bond motifs is 1. The minimum atomic E-state index is -0.849. The number of carbonyl (C=O) groups excluding carboxylic acids is 3. The first-order valence-electron chi connectivity index (χ1n) is 9.06. The third-order valence-corrected chi connectivity index (χ3v) is 4.93. The van der Waals surface area contributed by atoms with Gasteiger partial charge in [-0.05, 0) is 25.7 Å². The molecule has 2 unspecified atom stereocenters. The molecule has 2 N–H and O–H groups in total. The van der Waals surface area contributed by atoms with Crippen LogP contribution in [0.2, 0.25) is 0 Å². The second-order valence-corrected chi connectivity index (χ2v) is 6.96. The van der Waals surface area contributed by atoms with E-state index in [1.54, 1.807) is 25.2 Å². The number of likely N-dealkylation sites (N-methyl/N-ethyl adjacent to an activating group) is 2. The number of carbonyl (C=O) groups is 3. The monoisotopic (exact) mass is 380 g/mol. The molecule has 2 aromatic carbocycles. The van der Waals surface area contributed by atoms with Crippen LogP contribution in [0.4, 0.5) is 5.69 Å². The average molecular weight is 380 g/mol. The number of nitrogens with one attached hydrogen (secondary N) is 2. The summed E-state index contributed by atoms with van der Waals surface area (Å²) in [7, 11) is 5.47. The van der Waals surface area contributed by atoms with E-state index in [9.17, 15) is 14.4 Å². The fourth-order valence-corrected chi connectivity index (χ4v) is 3.36. The van der Waals surface area contributed by atoms with Crippen LogP contribution in [0.1, 0.15) is 23.2 Å². The molecule has 1 aliphatic rings. The molecule has 0 saturated carbocycles. The van der Waals surface area contributed by atoms with E-state index in [-0.39, 0.29) is 18.5 Å². The molecular weight excluding hydrogens is 356 g/mol. The third-order valence-electron chi connectivity index (χ3n) is 4.93. The van der Waals surface area contributed by atoms with E-state index in [2.05, 4.69) is 10.6 Å². The van der Waals surface area contributed by atoms with Crippen LogP contribution in [0, 0.1) is 0 Å². The molecule has 0 fully saturated rings. The van der Waals surface area contributed by atoms with Crippen molar-refractivity contribution in [3.63, 3.8) is 0 Å². The normalized spacial score (nSPS) is 16.6. The Hall–Kier alpha value is -3.19. The lowest BCUT2D eigenvalue weighted by atomic mass is 10.1. The summed E-state index contributed by atoms with van der Waals surface area (Å²) in [6.45, 7) is 0.276. The molecule has 28 heavy (non-hydrogen) atoms. The van der Waals surface area contributed by atoms with Gasteiger partial charge in [0.15, 0.2) is 0 Å². The van der Waals surface area contributed by atoms with E-state index in [0.717, 1.165) is 11.3 Å². The molecule has 7 heteroatoms. The molecule has 7 nitrogen and oxygen atoms in total. The summed E-state index contributed by atoms with van der Waals surface area (Å²) in [6, 6.07) is 16.0. The molecule has 146 valence electrons. The highest BCUT2D eigenvalue weighted by atomic mass is 16.2. The van der Waals surface area contributed by atoms with Gasteiger partial charge in [0.05, 0.1) is 6.04 Å². The van der Waals surface area contributed by atoms with Gasteiger partial charge in [-0.3, -0.25) is 14.4 Å². The van der Waals surface area contributed by atoms with Crippen LogP contribution in [0.15, 0.2) is 54.6 Å². The fraction of sp³-hybridized carbons (Fsp3) is 0.286. The van der Waals surface area contributed by atoms with Crippen molar-refractivity contribution in [2.75, 3.05) is 32.6 Å². The van der Waals surface area contributed by atoms with Gasteiger partial charge < -0.3 is 20.4 Å². The van der Waals surface area contributed by atoms with E-state index in [1.807, 2.05) is 55.4 Å². The van der Waals surface area contributed by atoms with Crippen LogP contribution in [-0.4, -0.2) is 50.3 Å². The Morgan fingerprint density at radius 3 is 2.36 bits per heavy atom. The van der Waals surface area contributed by atoms with Gasteiger partial charge in [0, 0.05) is 24.8 Å². The van der Waals surface area contributed by atoms with E-state index in [0.29, 0.717) is 5.56 Å². The second kappa shape index (κ2) is 8.22. The SMILES string of the molecule is CN1C(=O)C(NC(=O)C(=O)NCC(c2ccccc2)N(C)C)c2ccccc21. The lowest BCUT2D eigenvalue weighted by molar-refractivity contribution is -0.140. The number of hydrogen-bond donors (Lipinski definition) is 2. The zero-order valence-electron chi connectivity index (χ0n) is 16.2. The summed E-state index contributed by atoms with van der Waals surface area (Å²) in [5.41, 5.74) is 2.45. The molecule has 0 bridgehead atoms. The van der Waals surface area contributed by atoms with E-state index in [1.165, 1.54) is 4.90 Å². The number of amides is 3. The predicted molar refractivity (Wildman–Crippen MR) is 107 cm³/mol. The zero-order valence-corrected chi connectivity index (χ0v) is 16.2. The van der Waals surface area contributed by atoms with Crippen molar-refractivity contribution < 1.29 is 14.4 Å². The van der Waals surface area contributed by atoms with Gasteiger partial charge in [-0.15, -0.1) is 0 Å². The minimum absolute atomic E-state index is 0.0714. The molecule has 3 rings (SSSR count). The van der Waals surface area contributed by atoms with Gasteiger partial charge in [-0.2, -0.15) is 0 Å². The molecule has 0 spiro atoms. The maximum atomic E-state index is 12.4. The Labute approximate surface area is 164 Å². The van der Waals surface area contributed by atoms with Crippen molar-refractivity contribution >= 4 is 23.4 Å². The summed E-state index contributed by atoms with van der Waals surface area (Å²) in [5.74, 6) is -1.85. The summed E-state index contributed by atoms with van der Waals surface area (Å²) in [5, 5.41) is 5.22. The summed E-state index contributed by atoms with van der Waals surface area (Å²) in [4.78, 5) is 40.6. The number of rotatable bonds is 5. The Balaban J connectivity index is 1.64. The van der Waals surface area contributed by atoms with Gasteiger partial charge in [-0.1, -0.05) is 48.5 Å². The summed E-state index contributed by atoms with van der Waals surface area (Å²) in [6.07, 6.45) is 0. The summed E-state index contributed by atoms with van der Waals surface area (Å²) < 4.78 is 0. The Kier molecular flexibility index (Phi) is 5.75. The number of para-hydroxylation sites is 1. The molecular formula is C21H24N4O3. The lowest BCUT2D eigenvalue weighted by Gasteiger charge is -2.25. The number of hydrogen-bond acceptors (Lipinski definition) is 4. The van der Waals surface area contributed by atoms with Crippen LogP contribution in [0.25, 0.3) is 0 Å². The second-order valence-electron chi connectivity index (χ2n) is 6.96. The standard InChI is InChI=1S/C21H24N4O3/c1-24(2)17(14-9-5-4-6-10-14)13-22-19(26)20(27)23-18-15-11-7-8-12-16(15)25(3)21(18)28/h4-12,17-18H,13H2,1-3H3,(H,22,26)(H,23,27). The molecule has 2 aromatic rings. The van der Waals surface area contributed by atoms with Gasteiger partial charge in [0.2, 0.25) is 0 Å². The highest BCUT2D eigenvalue weighted by molar-refractivity contribution is 6.35. The molecule has 0 aromatic heterocycles. The molecule has 1 heterocycles. The first-order chi connectivity index (χ1) is 13.4. The first-order valence-corrected chi connectivity index (χ1v) is 9.06. The third kappa shape index (κ3) is 3.89. The highest BCUT2D eigenvalue weighted by Gasteiger charge is 2.36. The quantitative estimate of drug-likeness (QED) is 0.765. The zero-order chi connectivity index (χ0) is 20.3. The first kappa shape index (κ1) is 19.6. The Morgan fingerprint density at radius 1 is 1.04 bits per heavy atom. The fourth-order valence-electron chi connectivity index (χ4n) is 3.36. The molecule has 0 radical (unpaired) electrons. The topological polar surface area (TPSA) is 81.8 Å². The van der Waals surface area contributed by atoms with Crippen LogP contribution < -0.4 is 15.5 Å². The molecule has 0 aliphatic carbocycles.